The number of esters is 1. The van der Waals surface area contributed by atoms with Gasteiger partial charge in [-0.25, -0.2) is 9.78 Å². The van der Waals surface area contributed by atoms with Gasteiger partial charge in [-0.2, -0.15) is 0 Å². The topological polar surface area (TPSA) is 82.3 Å². The maximum absolute atomic E-state index is 12.7. The second-order valence-electron chi connectivity index (χ2n) is 6.78. The molecule has 0 radical (unpaired) electrons. The first-order valence-electron chi connectivity index (χ1n) is 9.17. The molecule has 2 aromatic heterocycles. The van der Waals surface area contributed by atoms with Gasteiger partial charge in [-0.15, -0.1) is 0 Å². The Labute approximate surface area is 173 Å². The molecule has 0 aliphatic heterocycles. The normalized spacial score (nSPS) is 11.9. The number of pyridine rings is 1. The minimum absolute atomic E-state index is 0.238. The van der Waals surface area contributed by atoms with Crippen molar-refractivity contribution in [3.63, 3.8) is 0 Å². The summed E-state index contributed by atoms with van der Waals surface area (Å²) < 4.78 is 10.5. The van der Waals surface area contributed by atoms with Crippen LogP contribution in [-0.4, -0.2) is 28.0 Å². The third-order valence-corrected chi connectivity index (χ3v) is 5.51. The number of ketones is 1. The molecule has 0 aliphatic rings. The highest BCUT2D eigenvalue weighted by molar-refractivity contribution is 7.98. The van der Waals surface area contributed by atoms with E-state index in [4.69, 9.17) is 9.26 Å². The van der Waals surface area contributed by atoms with Crippen molar-refractivity contribution in [2.24, 2.45) is 0 Å². The number of rotatable bonds is 7. The average Bonchev–Trinajstić information content (AvgIpc) is 3.13. The smallest absolute Gasteiger partial charge is 0.341 e. The van der Waals surface area contributed by atoms with Crippen LogP contribution in [0.1, 0.15) is 50.2 Å². The summed E-state index contributed by atoms with van der Waals surface area (Å²) in [5.41, 5.74) is 3.72. The summed E-state index contributed by atoms with van der Waals surface area (Å²) in [6.07, 6.45) is 0.706. The number of carbonyl (C=O) groups excluding carboxylic acids is 2. The number of aryl methyl sites for hydroxylation is 3. The maximum Gasteiger partial charge on any atom is 0.341 e. The Hall–Kier alpha value is -2.93. The Morgan fingerprint density at radius 1 is 1.14 bits per heavy atom. The van der Waals surface area contributed by atoms with Crippen molar-refractivity contribution in [2.45, 2.75) is 44.6 Å². The first-order chi connectivity index (χ1) is 13.8. The fourth-order valence-electron chi connectivity index (χ4n) is 2.70. The van der Waals surface area contributed by atoms with Crippen LogP contribution in [0.4, 0.5) is 0 Å². The van der Waals surface area contributed by atoms with E-state index in [-0.39, 0.29) is 5.78 Å². The highest BCUT2D eigenvalue weighted by Crippen LogP contribution is 2.25. The first kappa shape index (κ1) is 20.8. The molecule has 3 aromatic rings. The van der Waals surface area contributed by atoms with E-state index in [1.165, 1.54) is 11.8 Å². The van der Waals surface area contributed by atoms with Crippen molar-refractivity contribution in [3.8, 4) is 0 Å². The number of hydrogen-bond acceptors (Lipinski definition) is 7. The van der Waals surface area contributed by atoms with E-state index < -0.39 is 12.1 Å². The van der Waals surface area contributed by atoms with Crippen LogP contribution in [0, 0.1) is 20.8 Å². The minimum Gasteiger partial charge on any atom is -0.451 e. The molecule has 150 valence electrons. The summed E-state index contributed by atoms with van der Waals surface area (Å²) in [6.45, 7) is 7.32. The zero-order valence-corrected chi connectivity index (χ0v) is 17.6. The van der Waals surface area contributed by atoms with Crippen molar-refractivity contribution in [2.75, 3.05) is 0 Å². The summed E-state index contributed by atoms with van der Waals surface area (Å²) in [5, 5.41) is 4.46. The molecular formula is C22H22N2O4S. The fraction of sp³-hybridized carbons (Fsp3) is 0.273. The van der Waals surface area contributed by atoms with E-state index >= 15 is 0 Å². The van der Waals surface area contributed by atoms with Gasteiger partial charge in [-0.1, -0.05) is 29.1 Å². The molecule has 0 saturated carbocycles. The quantitative estimate of drug-likeness (QED) is 0.317. The predicted octanol–water partition coefficient (Wildman–Crippen LogP) is 4.72. The second-order valence-corrected chi connectivity index (χ2v) is 7.75. The Bertz CT molecular complexity index is 1040. The number of Topliss-reactive ketones (excluding diaryl/α,β-unsaturated/α-hetero) is 1. The zero-order valence-electron chi connectivity index (χ0n) is 16.8. The summed E-state index contributed by atoms with van der Waals surface area (Å²) >= 11 is 1.36. The Kier molecular flexibility index (Phi) is 6.49. The third-order valence-electron chi connectivity index (χ3n) is 4.47. The van der Waals surface area contributed by atoms with Gasteiger partial charge in [-0.05, 0) is 57.0 Å². The molecule has 0 N–H and O–H groups in total. The van der Waals surface area contributed by atoms with Crippen molar-refractivity contribution in [1.82, 2.24) is 10.1 Å². The molecule has 0 saturated heterocycles. The Morgan fingerprint density at radius 3 is 2.62 bits per heavy atom. The number of benzene rings is 1. The van der Waals surface area contributed by atoms with Crippen LogP contribution < -0.4 is 0 Å². The zero-order chi connectivity index (χ0) is 21.0. The van der Waals surface area contributed by atoms with Gasteiger partial charge < -0.3 is 9.26 Å². The first-order valence-corrected chi connectivity index (χ1v) is 10.2. The molecule has 2 heterocycles. The lowest BCUT2D eigenvalue weighted by Crippen LogP contribution is -2.25. The molecule has 0 bridgehead atoms. The van der Waals surface area contributed by atoms with Gasteiger partial charge in [0.05, 0.1) is 11.3 Å². The van der Waals surface area contributed by atoms with Crippen molar-refractivity contribution >= 4 is 23.5 Å². The monoisotopic (exact) mass is 410 g/mol. The van der Waals surface area contributed by atoms with Crippen LogP contribution in [0.2, 0.25) is 0 Å². The van der Waals surface area contributed by atoms with Crippen LogP contribution in [0.3, 0.4) is 0 Å². The van der Waals surface area contributed by atoms with Gasteiger partial charge in [0.2, 0.25) is 5.78 Å². The third kappa shape index (κ3) is 5.12. The molecule has 0 aliphatic carbocycles. The second kappa shape index (κ2) is 9.05. The molecule has 1 aromatic carbocycles. The number of thioether (sulfide) groups is 1. The van der Waals surface area contributed by atoms with Gasteiger partial charge in [0, 0.05) is 23.6 Å². The molecule has 0 fully saturated rings. The highest BCUT2D eigenvalue weighted by atomic mass is 32.2. The molecule has 7 heteroatoms. The molecular weight excluding hydrogens is 388 g/mol. The molecule has 3 rings (SSSR count). The lowest BCUT2D eigenvalue weighted by molar-refractivity contribution is 0.0314. The largest absolute Gasteiger partial charge is 0.451 e. The maximum atomic E-state index is 12.7. The summed E-state index contributed by atoms with van der Waals surface area (Å²) in [7, 11) is 0. The predicted molar refractivity (Wildman–Crippen MR) is 110 cm³/mol. The Balaban J connectivity index is 1.69. The fourth-order valence-corrected chi connectivity index (χ4v) is 3.56. The van der Waals surface area contributed by atoms with E-state index in [1.807, 2.05) is 39.0 Å². The molecule has 0 amide bonds. The SMILES string of the molecule is Cc1cc(CSc2ncccc2C(=O)O[C@H](C)C(=O)c2ccc(C)c(C)c2)no1. The molecule has 29 heavy (non-hydrogen) atoms. The van der Waals surface area contributed by atoms with Crippen LogP contribution in [-0.2, 0) is 10.5 Å². The van der Waals surface area contributed by atoms with Gasteiger partial charge in [0.1, 0.15) is 10.8 Å². The van der Waals surface area contributed by atoms with E-state index in [2.05, 4.69) is 10.1 Å². The minimum atomic E-state index is -0.902. The lowest BCUT2D eigenvalue weighted by Gasteiger charge is -2.14. The molecule has 0 spiro atoms. The summed E-state index contributed by atoms with van der Waals surface area (Å²) in [4.78, 5) is 29.6. The van der Waals surface area contributed by atoms with E-state index in [9.17, 15) is 9.59 Å². The van der Waals surface area contributed by atoms with E-state index in [0.29, 0.717) is 21.9 Å². The van der Waals surface area contributed by atoms with Gasteiger partial charge in [-0.3, -0.25) is 4.79 Å². The highest BCUT2D eigenvalue weighted by Gasteiger charge is 2.23. The van der Waals surface area contributed by atoms with Gasteiger partial charge in [0.25, 0.3) is 0 Å². The number of carbonyl (C=O) groups is 2. The average molecular weight is 410 g/mol. The van der Waals surface area contributed by atoms with Crippen LogP contribution in [0.5, 0.6) is 0 Å². The summed E-state index contributed by atoms with van der Waals surface area (Å²) in [6, 6.07) is 10.6. The van der Waals surface area contributed by atoms with Crippen LogP contribution in [0.25, 0.3) is 0 Å². The van der Waals surface area contributed by atoms with Crippen molar-refractivity contribution < 1.29 is 18.8 Å². The van der Waals surface area contributed by atoms with Crippen molar-refractivity contribution in [3.05, 3.63) is 76.3 Å². The number of nitrogens with zero attached hydrogens (tertiary/aromatic N) is 2. The van der Waals surface area contributed by atoms with E-state index in [0.717, 1.165) is 22.6 Å². The van der Waals surface area contributed by atoms with E-state index in [1.54, 1.807) is 31.3 Å². The lowest BCUT2D eigenvalue weighted by atomic mass is 10.0. The molecule has 6 nitrogen and oxygen atoms in total. The standard InChI is InChI=1S/C22H22N2O4S/c1-13-7-8-17(10-14(13)2)20(25)16(4)27-22(26)19-6-5-9-23-21(19)29-12-18-11-15(3)28-24-18/h5-11,16H,12H2,1-4H3/t16-/m1/s1. The Morgan fingerprint density at radius 2 is 1.93 bits per heavy atom. The number of aromatic nitrogens is 2. The summed E-state index contributed by atoms with van der Waals surface area (Å²) in [5.74, 6) is 0.408. The van der Waals surface area contributed by atoms with Gasteiger partial charge in [0.15, 0.2) is 6.10 Å². The van der Waals surface area contributed by atoms with Crippen LogP contribution >= 0.6 is 11.8 Å². The van der Waals surface area contributed by atoms with Crippen LogP contribution in [0.15, 0.2) is 52.1 Å². The number of ether oxygens (including phenoxy) is 1. The number of hydrogen-bond donors (Lipinski definition) is 0. The molecule has 1 atom stereocenters. The molecule has 0 unspecified atom stereocenters. The van der Waals surface area contributed by atoms with Crippen molar-refractivity contribution in [1.29, 1.82) is 0 Å². The van der Waals surface area contributed by atoms with Gasteiger partial charge >= 0.3 is 5.97 Å².